The summed E-state index contributed by atoms with van der Waals surface area (Å²) in [5.74, 6) is -0.265. The molecule has 0 saturated carbocycles. The van der Waals surface area contributed by atoms with E-state index < -0.39 is 0 Å². The molecule has 0 bridgehead atoms. The number of benzene rings is 2. The quantitative estimate of drug-likeness (QED) is 0.522. The number of rotatable bonds is 3. The van der Waals surface area contributed by atoms with Crippen molar-refractivity contribution in [1.82, 2.24) is 20.0 Å². The van der Waals surface area contributed by atoms with E-state index in [1.807, 2.05) is 18.2 Å². The molecule has 4 nitrogen and oxygen atoms in total. The van der Waals surface area contributed by atoms with Crippen LogP contribution >= 0.6 is 11.6 Å². The van der Waals surface area contributed by atoms with Crippen LogP contribution in [0.4, 0.5) is 4.39 Å². The molecule has 2 aromatic heterocycles. The molecule has 118 valence electrons. The molecular weight excluding hydrogens is 327 g/mol. The van der Waals surface area contributed by atoms with Crippen LogP contribution in [0.25, 0.3) is 22.0 Å². The third kappa shape index (κ3) is 2.86. The molecule has 0 N–H and O–H groups in total. The van der Waals surface area contributed by atoms with E-state index in [-0.39, 0.29) is 5.82 Å². The standard InChI is InChI=1S/C18H12ClFN4/c19-18-10-16(13-2-4-14(20)5-3-13)15-6-1-12(9-17(15)22-18)11-24-8-7-21-23-24/h1-10H,11H2. The van der Waals surface area contributed by atoms with Crippen molar-refractivity contribution in [1.29, 1.82) is 0 Å². The summed E-state index contributed by atoms with van der Waals surface area (Å²) >= 11 is 6.19. The first-order valence-electron chi connectivity index (χ1n) is 7.38. The summed E-state index contributed by atoms with van der Waals surface area (Å²) in [6.07, 6.45) is 3.45. The molecule has 0 aliphatic carbocycles. The Morgan fingerprint density at radius 2 is 1.88 bits per heavy atom. The Morgan fingerprint density at radius 3 is 2.62 bits per heavy atom. The number of aromatic nitrogens is 4. The third-order valence-corrected chi connectivity index (χ3v) is 4.01. The average molecular weight is 339 g/mol. The van der Waals surface area contributed by atoms with Gasteiger partial charge in [-0.2, -0.15) is 0 Å². The molecule has 4 aromatic rings. The highest BCUT2D eigenvalue weighted by Gasteiger charge is 2.09. The van der Waals surface area contributed by atoms with E-state index >= 15 is 0 Å². The van der Waals surface area contributed by atoms with Crippen LogP contribution in [-0.2, 0) is 6.54 Å². The summed E-state index contributed by atoms with van der Waals surface area (Å²) in [6.45, 7) is 0.607. The van der Waals surface area contributed by atoms with Gasteiger partial charge < -0.3 is 0 Å². The fourth-order valence-electron chi connectivity index (χ4n) is 2.71. The lowest BCUT2D eigenvalue weighted by Gasteiger charge is -2.09. The number of nitrogens with zero attached hydrogens (tertiary/aromatic N) is 4. The van der Waals surface area contributed by atoms with Crippen molar-refractivity contribution in [2.75, 3.05) is 0 Å². The highest BCUT2D eigenvalue weighted by Crippen LogP contribution is 2.31. The van der Waals surface area contributed by atoms with Crippen molar-refractivity contribution in [3.63, 3.8) is 0 Å². The Balaban J connectivity index is 1.82. The molecule has 0 unspecified atom stereocenters. The lowest BCUT2D eigenvalue weighted by atomic mass is 10.00. The summed E-state index contributed by atoms with van der Waals surface area (Å²) in [6, 6.07) is 14.2. The molecule has 0 saturated heterocycles. The summed E-state index contributed by atoms with van der Waals surface area (Å²) in [5, 5.41) is 9.14. The highest BCUT2D eigenvalue weighted by atomic mass is 35.5. The van der Waals surface area contributed by atoms with Gasteiger partial charge in [-0.05, 0) is 41.0 Å². The SMILES string of the molecule is Fc1ccc(-c2cc(Cl)nc3cc(Cn4ccnn4)ccc23)cc1. The van der Waals surface area contributed by atoms with Crippen molar-refractivity contribution < 1.29 is 4.39 Å². The maximum Gasteiger partial charge on any atom is 0.130 e. The smallest absolute Gasteiger partial charge is 0.130 e. The Kier molecular flexibility index (Phi) is 3.70. The Labute approximate surface area is 142 Å². The second-order valence-corrected chi connectivity index (χ2v) is 5.84. The molecule has 0 spiro atoms. The van der Waals surface area contributed by atoms with Gasteiger partial charge in [0, 0.05) is 11.6 Å². The van der Waals surface area contributed by atoms with Crippen LogP contribution in [0.1, 0.15) is 5.56 Å². The molecule has 2 aromatic carbocycles. The van der Waals surface area contributed by atoms with Gasteiger partial charge in [-0.3, -0.25) is 0 Å². The number of hydrogen-bond donors (Lipinski definition) is 0. The molecule has 0 aliphatic rings. The Hall–Kier alpha value is -2.79. The molecule has 0 radical (unpaired) electrons. The molecule has 6 heteroatoms. The zero-order valence-electron chi connectivity index (χ0n) is 12.5. The van der Waals surface area contributed by atoms with Gasteiger partial charge >= 0.3 is 0 Å². The minimum atomic E-state index is -0.265. The molecule has 24 heavy (non-hydrogen) atoms. The van der Waals surface area contributed by atoms with Crippen molar-refractivity contribution in [3.05, 3.63) is 77.5 Å². The summed E-state index contributed by atoms with van der Waals surface area (Å²) < 4.78 is 14.9. The Morgan fingerprint density at radius 1 is 1.04 bits per heavy atom. The predicted octanol–water partition coefficient (Wildman–Crippen LogP) is 4.33. The fourth-order valence-corrected chi connectivity index (χ4v) is 2.91. The summed E-state index contributed by atoms with van der Waals surface area (Å²) in [4.78, 5) is 4.42. The van der Waals surface area contributed by atoms with E-state index in [1.165, 1.54) is 12.1 Å². The zero-order valence-corrected chi connectivity index (χ0v) is 13.3. The van der Waals surface area contributed by atoms with Crippen LogP contribution in [0.2, 0.25) is 5.15 Å². The highest BCUT2D eigenvalue weighted by molar-refractivity contribution is 6.30. The molecule has 0 fully saturated rings. The van der Waals surface area contributed by atoms with Crippen molar-refractivity contribution in [2.45, 2.75) is 6.54 Å². The number of pyridine rings is 1. The third-order valence-electron chi connectivity index (χ3n) is 3.81. The van der Waals surface area contributed by atoms with Gasteiger partial charge in [0.25, 0.3) is 0 Å². The fraction of sp³-hybridized carbons (Fsp3) is 0.0556. The monoisotopic (exact) mass is 338 g/mol. The second-order valence-electron chi connectivity index (χ2n) is 5.45. The maximum atomic E-state index is 13.2. The van der Waals surface area contributed by atoms with Gasteiger partial charge in [0.2, 0.25) is 0 Å². The van der Waals surface area contributed by atoms with E-state index in [1.54, 1.807) is 35.3 Å². The van der Waals surface area contributed by atoms with Gasteiger partial charge in [0.05, 0.1) is 18.3 Å². The molecule has 4 rings (SSSR count). The van der Waals surface area contributed by atoms with Gasteiger partial charge in [0.15, 0.2) is 0 Å². The van der Waals surface area contributed by atoms with Gasteiger partial charge in [-0.25, -0.2) is 14.1 Å². The van der Waals surface area contributed by atoms with Crippen LogP contribution < -0.4 is 0 Å². The first-order chi connectivity index (χ1) is 11.7. The maximum absolute atomic E-state index is 13.2. The van der Waals surface area contributed by atoms with Gasteiger partial charge in [-0.1, -0.05) is 41.1 Å². The number of hydrogen-bond acceptors (Lipinski definition) is 3. The topological polar surface area (TPSA) is 43.6 Å². The van der Waals surface area contributed by atoms with Crippen LogP contribution in [0, 0.1) is 5.82 Å². The summed E-state index contributed by atoms with van der Waals surface area (Å²) in [5.41, 5.74) is 3.67. The Bertz CT molecular complexity index is 998. The molecule has 0 atom stereocenters. The van der Waals surface area contributed by atoms with Crippen molar-refractivity contribution in [2.24, 2.45) is 0 Å². The van der Waals surface area contributed by atoms with E-state index in [9.17, 15) is 4.39 Å². The van der Waals surface area contributed by atoms with Crippen molar-refractivity contribution in [3.8, 4) is 11.1 Å². The van der Waals surface area contributed by atoms with E-state index in [0.717, 1.165) is 27.6 Å². The predicted molar refractivity (Wildman–Crippen MR) is 91.3 cm³/mol. The van der Waals surface area contributed by atoms with Gasteiger partial charge in [0.1, 0.15) is 11.0 Å². The molecule has 2 heterocycles. The first-order valence-corrected chi connectivity index (χ1v) is 7.76. The minimum absolute atomic E-state index is 0.265. The largest absolute Gasteiger partial charge is 0.248 e. The van der Waals surface area contributed by atoms with E-state index in [2.05, 4.69) is 15.3 Å². The lowest BCUT2D eigenvalue weighted by Crippen LogP contribution is -2.00. The summed E-state index contributed by atoms with van der Waals surface area (Å²) in [7, 11) is 0. The molecule has 0 aliphatic heterocycles. The number of halogens is 2. The second kappa shape index (κ2) is 6.02. The number of fused-ring (bicyclic) bond motifs is 1. The van der Waals surface area contributed by atoms with Crippen LogP contribution in [-0.4, -0.2) is 20.0 Å². The van der Waals surface area contributed by atoms with Crippen molar-refractivity contribution >= 4 is 22.5 Å². The zero-order chi connectivity index (χ0) is 16.5. The van der Waals surface area contributed by atoms with E-state index in [4.69, 9.17) is 11.6 Å². The lowest BCUT2D eigenvalue weighted by molar-refractivity contribution is 0.628. The van der Waals surface area contributed by atoms with E-state index in [0.29, 0.717) is 11.7 Å². The normalized spacial score (nSPS) is 11.1. The van der Waals surface area contributed by atoms with Crippen LogP contribution in [0.5, 0.6) is 0 Å². The van der Waals surface area contributed by atoms with Gasteiger partial charge in [-0.15, -0.1) is 5.10 Å². The molecular formula is C18H12ClFN4. The minimum Gasteiger partial charge on any atom is -0.248 e. The molecule has 0 amide bonds. The average Bonchev–Trinajstić information content (AvgIpc) is 3.07. The first kappa shape index (κ1) is 14.8. The van der Waals surface area contributed by atoms with Crippen LogP contribution in [0.3, 0.4) is 0 Å². The van der Waals surface area contributed by atoms with Crippen LogP contribution in [0.15, 0.2) is 60.9 Å².